The summed E-state index contributed by atoms with van der Waals surface area (Å²) in [5.74, 6) is 1.89. The van der Waals surface area contributed by atoms with E-state index >= 15 is 0 Å². The number of fused-ring (bicyclic) bond motifs is 3. The second-order valence-electron chi connectivity index (χ2n) is 14.8. The molecule has 0 unspecified atom stereocenters. The summed E-state index contributed by atoms with van der Waals surface area (Å²) < 4.78 is 0. The van der Waals surface area contributed by atoms with E-state index in [2.05, 4.69) is 138 Å². The summed E-state index contributed by atoms with van der Waals surface area (Å²) in [4.78, 5) is 19.8. The molecule has 8 aromatic carbocycles. The van der Waals surface area contributed by atoms with Crippen molar-refractivity contribution in [3.05, 3.63) is 206 Å². The van der Waals surface area contributed by atoms with Crippen LogP contribution in [0.4, 0.5) is 0 Å². The van der Waals surface area contributed by atoms with Gasteiger partial charge in [-0.15, -0.1) is 0 Å². The molecule has 2 aromatic heterocycles. The zero-order valence-corrected chi connectivity index (χ0v) is 32.3. The maximum atomic E-state index is 5.15. The lowest BCUT2D eigenvalue weighted by Gasteiger charge is -2.15. The fourth-order valence-corrected chi connectivity index (χ4v) is 8.02. The van der Waals surface area contributed by atoms with Crippen LogP contribution in [0.5, 0.6) is 0 Å². The van der Waals surface area contributed by atoms with Crippen molar-refractivity contribution < 1.29 is 0 Å². The van der Waals surface area contributed by atoms with E-state index in [4.69, 9.17) is 15.0 Å². The molecule has 58 heavy (non-hydrogen) atoms. The van der Waals surface area contributed by atoms with Gasteiger partial charge in [0.05, 0.1) is 0 Å². The van der Waals surface area contributed by atoms with Crippen LogP contribution < -0.4 is 0 Å². The van der Waals surface area contributed by atoms with Crippen molar-refractivity contribution in [2.75, 3.05) is 0 Å². The van der Waals surface area contributed by atoms with Gasteiger partial charge in [0.25, 0.3) is 0 Å². The van der Waals surface area contributed by atoms with Crippen LogP contribution in [0.25, 0.3) is 100 Å². The molecule has 10 aromatic rings. The summed E-state index contributed by atoms with van der Waals surface area (Å²) >= 11 is 0. The predicted molar refractivity (Wildman–Crippen MR) is 240 cm³/mol. The van der Waals surface area contributed by atoms with Crippen LogP contribution in [-0.4, -0.2) is 19.9 Å². The van der Waals surface area contributed by atoms with Gasteiger partial charge in [-0.25, -0.2) is 15.0 Å². The molecular formula is C54H38N4. The lowest BCUT2D eigenvalue weighted by atomic mass is 9.90. The fraction of sp³-hybridized carbons (Fsp3) is 0.0370. The topological polar surface area (TPSA) is 51.6 Å². The minimum atomic E-state index is 0.622. The summed E-state index contributed by atoms with van der Waals surface area (Å²) in [5.41, 5.74) is 14.0. The molecule has 4 nitrogen and oxygen atoms in total. The first-order chi connectivity index (χ1) is 28.5. The second kappa shape index (κ2) is 14.8. The molecule has 2 heterocycles. The van der Waals surface area contributed by atoms with Gasteiger partial charge < -0.3 is 0 Å². The van der Waals surface area contributed by atoms with Crippen LogP contribution in [0.15, 0.2) is 194 Å². The molecule has 4 heteroatoms. The SMILES string of the molecule is Cc1cc(-c2ccc(-c3ccc(-c4cc(-c5nc(-c6ccccc6)nc(-c6ccccc6)n5)cc(-c5cc6ccccc6c6ccccc56)c4)cc3)cc2)cc(C)n1. The molecule has 0 saturated heterocycles. The van der Waals surface area contributed by atoms with E-state index in [1.54, 1.807) is 0 Å². The van der Waals surface area contributed by atoms with E-state index < -0.39 is 0 Å². The van der Waals surface area contributed by atoms with Gasteiger partial charge in [-0.1, -0.05) is 158 Å². The van der Waals surface area contributed by atoms with E-state index in [1.807, 2.05) is 74.5 Å². The van der Waals surface area contributed by atoms with Crippen molar-refractivity contribution in [2.24, 2.45) is 0 Å². The predicted octanol–water partition coefficient (Wildman–Crippen LogP) is 13.9. The highest BCUT2D eigenvalue weighted by atomic mass is 15.0. The minimum Gasteiger partial charge on any atom is -0.258 e. The molecule has 274 valence electrons. The Morgan fingerprint density at radius 3 is 1.21 bits per heavy atom. The van der Waals surface area contributed by atoms with Crippen molar-refractivity contribution in [2.45, 2.75) is 13.8 Å². The van der Waals surface area contributed by atoms with Gasteiger partial charge in [-0.05, 0) is 116 Å². The lowest BCUT2D eigenvalue weighted by molar-refractivity contribution is 1.07. The molecule has 0 aliphatic heterocycles. The van der Waals surface area contributed by atoms with Gasteiger partial charge in [0.15, 0.2) is 17.5 Å². The summed E-state index contributed by atoms with van der Waals surface area (Å²) in [6.07, 6.45) is 0. The Labute approximate surface area is 338 Å². The Balaban J connectivity index is 1.13. The first-order valence-corrected chi connectivity index (χ1v) is 19.6. The van der Waals surface area contributed by atoms with E-state index in [9.17, 15) is 0 Å². The first kappa shape index (κ1) is 34.9. The summed E-state index contributed by atoms with van der Waals surface area (Å²) in [6, 6.07) is 68.7. The largest absolute Gasteiger partial charge is 0.258 e. The molecule has 0 N–H and O–H groups in total. The summed E-state index contributed by atoms with van der Waals surface area (Å²) in [7, 11) is 0. The summed E-state index contributed by atoms with van der Waals surface area (Å²) in [6.45, 7) is 4.09. The molecule has 0 saturated carbocycles. The molecule has 10 rings (SSSR count). The highest BCUT2D eigenvalue weighted by Crippen LogP contribution is 2.39. The molecular weight excluding hydrogens is 705 g/mol. The lowest BCUT2D eigenvalue weighted by Crippen LogP contribution is -2.00. The molecule has 0 bridgehead atoms. The zero-order valence-electron chi connectivity index (χ0n) is 32.3. The molecule has 0 fully saturated rings. The number of nitrogens with zero attached hydrogens (tertiary/aromatic N) is 4. The van der Waals surface area contributed by atoms with Crippen molar-refractivity contribution >= 4 is 21.5 Å². The Hall–Kier alpha value is -7.56. The molecule has 0 atom stereocenters. The van der Waals surface area contributed by atoms with Crippen LogP contribution in [-0.2, 0) is 0 Å². The highest BCUT2D eigenvalue weighted by Gasteiger charge is 2.17. The molecule has 0 aliphatic rings. The van der Waals surface area contributed by atoms with E-state index in [0.29, 0.717) is 17.5 Å². The first-order valence-electron chi connectivity index (χ1n) is 19.6. The minimum absolute atomic E-state index is 0.622. The maximum Gasteiger partial charge on any atom is 0.164 e. The third kappa shape index (κ3) is 6.82. The number of hydrogen-bond donors (Lipinski definition) is 0. The average molecular weight is 743 g/mol. The van der Waals surface area contributed by atoms with Crippen LogP contribution in [0.3, 0.4) is 0 Å². The van der Waals surface area contributed by atoms with Gasteiger partial charge in [0.2, 0.25) is 0 Å². The van der Waals surface area contributed by atoms with E-state index in [-0.39, 0.29) is 0 Å². The van der Waals surface area contributed by atoms with E-state index in [1.165, 1.54) is 38.2 Å². The molecule has 0 radical (unpaired) electrons. The second-order valence-corrected chi connectivity index (χ2v) is 14.8. The molecule has 0 spiro atoms. The van der Waals surface area contributed by atoms with E-state index in [0.717, 1.165) is 55.9 Å². The van der Waals surface area contributed by atoms with Gasteiger partial charge in [0, 0.05) is 28.1 Å². The fourth-order valence-electron chi connectivity index (χ4n) is 8.02. The van der Waals surface area contributed by atoms with Crippen molar-refractivity contribution in [3.63, 3.8) is 0 Å². The average Bonchev–Trinajstić information content (AvgIpc) is 3.29. The van der Waals surface area contributed by atoms with Gasteiger partial charge in [0.1, 0.15) is 0 Å². The monoisotopic (exact) mass is 742 g/mol. The highest BCUT2D eigenvalue weighted by molar-refractivity contribution is 6.14. The third-order valence-corrected chi connectivity index (χ3v) is 10.8. The number of hydrogen-bond acceptors (Lipinski definition) is 4. The van der Waals surface area contributed by atoms with Crippen LogP contribution in [0, 0.1) is 13.8 Å². The molecule has 0 aliphatic carbocycles. The molecule has 0 amide bonds. The number of aryl methyl sites for hydroxylation is 2. The van der Waals surface area contributed by atoms with Crippen LogP contribution >= 0.6 is 0 Å². The van der Waals surface area contributed by atoms with Gasteiger partial charge in [-0.2, -0.15) is 0 Å². The third-order valence-electron chi connectivity index (χ3n) is 10.8. The Bertz CT molecular complexity index is 3020. The number of aromatic nitrogens is 4. The van der Waals surface area contributed by atoms with Crippen LogP contribution in [0.1, 0.15) is 11.4 Å². The van der Waals surface area contributed by atoms with Gasteiger partial charge >= 0.3 is 0 Å². The number of benzene rings is 8. The normalized spacial score (nSPS) is 11.3. The Kier molecular flexibility index (Phi) is 8.92. The Morgan fingerprint density at radius 2 is 0.655 bits per heavy atom. The van der Waals surface area contributed by atoms with Crippen LogP contribution in [0.2, 0.25) is 0 Å². The maximum absolute atomic E-state index is 5.15. The quantitative estimate of drug-likeness (QED) is 0.153. The van der Waals surface area contributed by atoms with Crippen molar-refractivity contribution in [1.82, 2.24) is 19.9 Å². The number of pyridine rings is 1. The zero-order chi connectivity index (χ0) is 39.0. The van der Waals surface area contributed by atoms with Crippen molar-refractivity contribution in [1.29, 1.82) is 0 Å². The van der Waals surface area contributed by atoms with Gasteiger partial charge in [-0.3, -0.25) is 4.98 Å². The van der Waals surface area contributed by atoms with Crippen molar-refractivity contribution in [3.8, 4) is 78.7 Å². The summed E-state index contributed by atoms with van der Waals surface area (Å²) in [5, 5.41) is 4.87. The Morgan fingerprint density at radius 1 is 0.259 bits per heavy atom. The number of rotatable bonds is 7. The standard InChI is InChI=1S/C54H38N4/c1-35-29-44(30-36(2)55-35)39-25-21-37(22-26-39)38-23-27-40(28-24-38)45-31-46(51-34-43-17-9-10-18-48(43)49-19-11-12-20-50(49)51)33-47(32-45)54-57-52(41-13-5-3-6-14-41)56-53(58-54)42-15-7-4-8-16-42/h3-34H,1-2H3. The smallest absolute Gasteiger partial charge is 0.164 e.